The lowest BCUT2D eigenvalue weighted by atomic mass is 10.1. The Hall–Kier alpha value is -2.22. The molecule has 1 atom stereocenters. The van der Waals surface area contributed by atoms with E-state index in [-0.39, 0.29) is 16.8 Å². The summed E-state index contributed by atoms with van der Waals surface area (Å²) in [6.45, 7) is 3.51. The molecule has 1 amide bonds. The van der Waals surface area contributed by atoms with Crippen molar-refractivity contribution in [3.63, 3.8) is 0 Å². The van der Waals surface area contributed by atoms with Crippen LogP contribution in [0.5, 0.6) is 0 Å². The largest absolute Gasteiger partial charge is 0.333 e. The number of nitrogens with one attached hydrogen (secondary N) is 1. The van der Waals surface area contributed by atoms with Gasteiger partial charge in [0.15, 0.2) is 6.54 Å². The normalized spacial score (nSPS) is 16.5. The molecule has 3 rings (SSSR count). The van der Waals surface area contributed by atoms with Crippen molar-refractivity contribution in [3.8, 4) is 0 Å². The number of amides is 1. The lowest BCUT2D eigenvalue weighted by Gasteiger charge is -2.25. The Morgan fingerprint density at radius 2 is 1.68 bits per heavy atom. The molecule has 0 bridgehead atoms. The minimum atomic E-state index is -3.44. The lowest BCUT2D eigenvalue weighted by molar-refractivity contribution is -0.682. The molecule has 2 aromatic carbocycles. The van der Waals surface area contributed by atoms with Crippen molar-refractivity contribution in [2.75, 3.05) is 25.0 Å². The van der Waals surface area contributed by atoms with Crippen molar-refractivity contribution in [1.29, 1.82) is 0 Å². The van der Waals surface area contributed by atoms with Crippen LogP contribution in [0, 0.1) is 0 Å². The van der Waals surface area contributed by atoms with Crippen LogP contribution < -0.4 is 10.6 Å². The van der Waals surface area contributed by atoms with Crippen molar-refractivity contribution in [1.82, 2.24) is 4.31 Å². The minimum Gasteiger partial charge on any atom is -0.333 e. The number of carbonyl (C=O) groups excluding carboxylic acids is 1. The molecule has 0 aliphatic carbocycles. The molecule has 28 heavy (non-hydrogen) atoms. The van der Waals surface area contributed by atoms with Gasteiger partial charge in [0, 0.05) is 24.3 Å². The van der Waals surface area contributed by atoms with Gasteiger partial charge in [-0.1, -0.05) is 36.8 Å². The Balaban J connectivity index is 1.54. The van der Waals surface area contributed by atoms with Crippen LogP contribution in [0.15, 0.2) is 59.5 Å². The number of hydrogen-bond acceptors (Lipinski definition) is 3. The van der Waals surface area contributed by atoms with E-state index in [1.54, 1.807) is 28.6 Å². The molecule has 1 fully saturated rings. The van der Waals surface area contributed by atoms with Crippen molar-refractivity contribution in [2.24, 2.45) is 0 Å². The second-order valence-corrected chi connectivity index (χ2v) is 9.11. The summed E-state index contributed by atoms with van der Waals surface area (Å²) in [5.41, 5.74) is 1.77. The van der Waals surface area contributed by atoms with Crippen LogP contribution in [0.4, 0.5) is 5.69 Å². The summed E-state index contributed by atoms with van der Waals surface area (Å²) in [6, 6.07) is 16.6. The number of carbonyl (C=O) groups is 1. The topological polar surface area (TPSA) is 83.1 Å². The van der Waals surface area contributed by atoms with E-state index >= 15 is 0 Å². The van der Waals surface area contributed by atoms with E-state index in [9.17, 15) is 13.2 Å². The van der Waals surface area contributed by atoms with Gasteiger partial charge in [-0.2, -0.15) is 4.31 Å². The molecule has 1 saturated heterocycles. The summed E-state index contributed by atoms with van der Waals surface area (Å²) in [5.74, 6) is -0.116. The molecule has 0 aromatic heterocycles. The fourth-order valence-electron chi connectivity index (χ4n) is 3.35. The van der Waals surface area contributed by atoms with Gasteiger partial charge >= 0.3 is 0 Å². The third kappa shape index (κ3) is 5.19. The van der Waals surface area contributed by atoms with Crippen molar-refractivity contribution in [3.05, 3.63) is 60.2 Å². The maximum atomic E-state index is 12.7. The first-order valence-electron chi connectivity index (χ1n) is 9.75. The van der Waals surface area contributed by atoms with E-state index in [1.807, 2.05) is 35.6 Å². The Morgan fingerprint density at radius 3 is 2.32 bits per heavy atom. The van der Waals surface area contributed by atoms with Gasteiger partial charge in [0.2, 0.25) is 10.0 Å². The fraction of sp³-hybridized carbons (Fsp3) is 0.381. The first-order valence-corrected chi connectivity index (χ1v) is 11.2. The minimum absolute atomic E-state index is 0.116. The fourth-order valence-corrected chi connectivity index (χ4v) is 4.87. The zero-order valence-electron chi connectivity index (χ0n) is 16.2. The van der Waals surface area contributed by atoms with E-state index in [2.05, 4.69) is 12.2 Å². The predicted molar refractivity (Wildman–Crippen MR) is 109 cm³/mol. The monoisotopic (exact) mass is 402 g/mol. The Morgan fingerprint density at radius 1 is 1.04 bits per heavy atom. The highest BCUT2D eigenvalue weighted by Crippen LogP contribution is 2.21. The van der Waals surface area contributed by atoms with E-state index < -0.39 is 10.0 Å². The van der Waals surface area contributed by atoms with Gasteiger partial charge < -0.3 is 10.6 Å². The van der Waals surface area contributed by atoms with Gasteiger partial charge in [0.1, 0.15) is 6.04 Å². The summed E-state index contributed by atoms with van der Waals surface area (Å²) in [7, 11) is -3.44. The molecule has 1 aliphatic heterocycles. The number of anilines is 1. The first kappa shape index (κ1) is 20.5. The van der Waals surface area contributed by atoms with E-state index in [0.29, 0.717) is 25.3 Å². The predicted octanol–water partition coefficient (Wildman–Crippen LogP) is 2.12. The van der Waals surface area contributed by atoms with Crippen LogP contribution in [0.25, 0.3) is 0 Å². The van der Waals surface area contributed by atoms with Gasteiger partial charge in [0.05, 0.1) is 4.90 Å². The molecule has 1 heterocycles. The average molecular weight is 403 g/mol. The molecule has 0 saturated carbocycles. The zero-order valence-corrected chi connectivity index (χ0v) is 17.0. The summed E-state index contributed by atoms with van der Waals surface area (Å²) < 4.78 is 26.9. The second-order valence-electron chi connectivity index (χ2n) is 7.18. The highest BCUT2D eigenvalue weighted by atomic mass is 32.2. The Bertz CT molecular complexity index is 877. The third-order valence-corrected chi connectivity index (χ3v) is 6.99. The quantitative estimate of drug-likeness (QED) is 0.744. The Labute approximate surface area is 167 Å². The van der Waals surface area contributed by atoms with Crippen LogP contribution >= 0.6 is 0 Å². The standard InChI is InChI=1S/C21H27N3O3S/c1-17(18-8-4-2-5-9-18)22-16-21(25)23-19-10-12-20(13-11-19)28(26,27)24-14-6-3-7-15-24/h2,4-5,8-13,17,22H,3,6-7,14-16H2,1H3,(H,23,25)/p+1/t17-/m0/s1. The molecular weight excluding hydrogens is 374 g/mol. The van der Waals surface area contributed by atoms with Crippen molar-refractivity contribution < 1.29 is 18.5 Å². The number of hydrogen-bond donors (Lipinski definition) is 2. The molecule has 0 radical (unpaired) electrons. The average Bonchev–Trinajstić information content (AvgIpc) is 2.73. The second kappa shape index (κ2) is 9.32. The first-order chi connectivity index (χ1) is 13.5. The molecule has 6 nitrogen and oxygen atoms in total. The summed E-state index contributed by atoms with van der Waals surface area (Å²) in [6.07, 6.45) is 2.90. The molecule has 150 valence electrons. The summed E-state index contributed by atoms with van der Waals surface area (Å²) in [5, 5.41) is 4.80. The Kier molecular flexibility index (Phi) is 6.83. The van der Waals surface area contributed by atoms with Crippen molar-refractivity contribution in [2.45, 2.75) is 37.1 Å². The van der Waals surface area contributed by atoms with Gasteiger partial charge in [-0.15, -0.1) is 0 Å². The number of nitrogens with two attached hydrogens (primary N) is 1. The van der Waals surface area contributed by atoms with E-state index in [0.717, 1.165) is 19.3 Å². The molecule has 7 heteroatoms. The molecular formula is C21H28N3O3S+. The van der Waals surface area contributed by atoms with E-state index in [4.69, 9.17) is 0 Å². The van der Waals surface area contributed by atoms with Crippen LogP contribution in [0.3, 0.4) is 0 Å². The smallest absolute Gasteiger partial charge is 0.279 e. The van der Waals surface area contributed by atoms with Gasteiger partial charge in [-0.05, 0) is 44.0 Å². The summed E-state index contributed by atoms with van der Waals surface area (Å²) >= 11 is 0. The summed E-state index contributed by atoms with van der Waals surface area (Å²) in [4.78, 5) is 12.5. The van der Waals surface area contributed by atoms with E-state index in [1.165, 1.54) is 5.56 Å². The molecule has 0 spiro atoms. The van der Waals surface area contributed by atoms with Crippen LogP contribution in [0.2, 0.25) is 0 Å². The number of benzene rings is 2. The molecule has 2 aromatic rings. The molecule has 1 aliphatic rings. The highest BCUT2D eigenvalue weighted by Gasteiger charge is 2.25. The molecule has 0 unspecified atom stereocenters. The maximum absolute atomic E-state index is 12.7. The van der Waals surface area contributed by atoms with Crippen LogP contribution in [0.1, 0.15) is 37.8 Å². The maximum Gasteiger partial charge on any atom is 0.279 e. The SMILES string of the molecule is C[C@H]([NH2+]CC(=O)Nc1ccc(S(=O)(=O)N2CCCCC2)cc1)c1ccccc1. The number of sulfonamides is 1. The number of quaternary nitrogens is 1. The van der Waals surface area contributed by atoms with Crippen molar-refractivity contribution >= 4 is 21.6 Å². The zero-order chi connectivity index (χ0) is 20.0. The van der Waals surface area contributed by atoms with Gasteiger partial charge in [-0.25, -0.2) is 8.42 Å². The lowest BCUT2D eigenvalue weighted by Crippen LogP contribution is -2.86. The number of rotatable bonds is 7. The van der Waals surface area contributed by atoms with Crippen LogP contribution in [-0.2, 0) is 14.8 Å². The third-order valence-electron chi connectivity index (χ3n) is 5.07. The molecule has 3 N–H and O–H groups in total. The van der Waals surface area contributed by atoms with Gasteiger partial charge in [-0.3, -0.25) is 4.79 Å². The highest BCUT2D eigenvalue weighted by molar-refractivity contribution is 7.89. The number of piperidine rings is 1. The van der Waals surface area contributed by atoms with Gasteiger partial charge in [0.25, 0.3) is 5.91 Å². The number of nitrogens with zero attached hydrogens (tertiary/aromatic N) is 1. The van der Waals surface area contributed by atoms with Crippen LogP contribution in [-0.4, -0.2) is 38.3 Å².